The van der Waals surface area contributed by atoms with Gasteiger partial charge in [0.25, 0.3) is 0 Å². The van der Waals surface area contributed by atoms with Crippen molar-refractivity contribution in [1.82, 2.24) is 10.6 Å². The first-order valence-corrected chi connectivity index (χ1v) is 15.8. The lowest BCUT2D eigenvalue weighted by atomic mass is 10.0. The number of hydrogen-bond acceptors (Lipinski definition) is 6. The number of rotatable bonds is 24. The van der Waals surface area contributed by atoms with Gasteiger partial charge >= 0.3 is 0 Å². The van der Waals surface area contributed by atoms with E-state index in [-0.39, 0.29) is 0 Å². The summed E-state index contributed by atoms with van der Waals surface area (Å²) in [6.07, 6.45) is 13.2. The van der Waals surface area contributed by atoms with Crippen molar-refractivity contribution in [3.8, 4) is 11.5 Å². The Morgan fingerprint density at radius 2 is 0.875 bits per heavy atom. The summed E-state index contributed by atoms with van der Waals surface area (Å²) in [6.45, 7) is 14.4. The van der Waals surface area contributed by atoms with Crippen LogP contribution in [-0.2, 0) is 0 Å². The molecule has 6 heteroatoms. The van der Waals surface area contributed by atoms with Crippen LogP contribution in [0.3, 0.4) is 0 Å². The molecule has 0 spiro atoms. The summed E-state index contributed by atoms with van der Waals surface area (Å²) in [6, 6.07) is 15.5. The Morgan fingerprint density at radius 3 is 1.25 bits per heavy atom. The lowest BCUT2D eigenvalue weighted by Gasteiger charge is -2.08. The van der Waals surface area contributed by atoms with Crippen molar-refractivity contribution in [2.45, 2.75) is 91.9 Å². The summed E-state index contributed by atoms with van der Waals surface area (Å²) in [4.78, 5) is 0. The summed E-state index contributed by atoms with van der Waals surface area (Å²) in [5.41, 5.74) is 1.60. The molecule has 0 radical (unpaired) electrons. The first kappa shape index (κ1) is 33.8. The molecule has 2 aromatic carbocycles. The van der Waals surface area contributed by atoms with Crippen LogP contribution in [0.4, 0.5) is 11.4 Å². The number of nitrogens with zero attached hydrogens (tertiary/aromatic N) is 2. The third-order valence-electron chi connectivity index (χ3n) is 6.82. The predicted molar refractivity (Wildman–Crippen MR) is 170 cm³/mol. The van der Waals surface area contributed by atoms with Crippen LogP contribution in [0.25, 0.3) is 0 Å². The molecule has 0 heterocycles. The van der Waals surface area contributed by atoms with Gasteiger partial charge in [-0.3, -0.25) is 0 Å². The molecule has 0 amide bonds. The zero-order valence-corrected chi connectivity index (χ0v) is 25.8. The van der Waals surface area contributed by atoms with Gasteiger partial charge in [0, 0.05) is 13.1 Å². The minimum Gasteiger partial charge on any atom is -0.492 e. The molecule has 0 fully saturated rings. The number of unbranched alkanes of at least 4 members (excludes halogenated alkanes) is 6. The van der Waals surface area contributed by atoms with Crippen LogP contribution in [0, 0.1) is 11.8 Å². The third kappa shape index (κ3) is 18.0. The molecule has 0 saturated carbocycles. The molecule has 0 aliphatic heterocycles. The average Bonchev–Trinajstić information content (AvgIpc) is 2.95. The van der Waals surface area contributed by atoms with Gasteiger partial charge in [0.05, 0.1) is 11.4 Å². The summed E-state index contributed by atoms with van der Waals surface area (Å²) in [5, 5.41) is 15.6. The van der Waals surface area contributed by atoms with Gasteiger partial charge in [-0.2, -0.15) is 10.2 Å². The van der Waals surface area contributed by atoms with Crippen LogP contribution in [0.5, 0.6) is 11.5 Å². The Kier molecular flexibility index (Phi) is 18.8. The van der Waals surface area contributed by atoms with Crippen molar-refractivity contribution in [2.24, 2.45) is 22.1 Å². The van der Waals surface area contributed by atoms with Crippen LogP contribution < -0.4 is 20.1 Å². The Morgan fingerprint density at radius 1 is 0.500 bits per heavy atom. The standard InChI is InChI=1S/C34H56N4O2/c1-29(2)13-9-5-7-11-23-35-25-27-39-33-19-15-31(16-20-33)37-38-32-17-21-34(22-18-32)40-28-26-36-24-12-8-6-10-14-30(3)4/h15-22,29-30,35-36H,5-14,23-28H2,1-4H3. The number of nitrogens with one attached hydrogen (secondary N) is 2. The Bertz CT molecular complexity index is 808. The molecule has 0 bridgehead atoms. The highest BCUT2D eigenvalue weighted by Gasteiger charge is 1.99. The van der Waals surface area contributed by atoms with Crippen LogP contribution in [0.2, 0.25) is 0 Å². The second-order valence-electron chi connectivity index (χ2n) is 11.6. The molecule has 2 rings (SSSR count). The molecule has 0 saturated heterocycles. The minimum atomic E-state index is 0.664. The monoisotopic (exact) mass is 552 g/mol. The largest absolute Gasteiger partial charge is 0.492 e. The zero-order chi connectivity index (χ0) is 28.7. The summed E-state index contributed by atoms with van der Waals surface area (Å²) >= 11 is 0. The van der Waals surface area contributed by atoms with Crippen LogP contribution in [0.15, 0.2) is 58.8 Å². The molecule has 0 atom stereocenters. The lowest BCUT2D eigenvalue weighted by molar-refractivity contribution is 0.313. The third-order valence-corrected chi connectivity index (χ3v) is 6.82. The van der Waals surface area contributed by atoms with Crippen molar-refractivity contribution in [3.05, 3.63) is 48.5 Å². The number of ether oxygens (including phenoxy) is 2. The number of azo groups is 1. The van der Waals surface area contributed by atoms with Gasteiger partial charge in [0.1, 0.15) is 24.7 Å². The van der Waals surface area contributed by atoms with Crippen molar-refractivity contribution < 1.29 is 9.47 Å². The van der Waals surface area contributed by atoms with E-state index in [1.807, 2.05) is 48.5 Å². The van der Waals surface area contributed by atoms with Crippen molar-refractivity contribution in [2.75, 3.05) is 39.4 Å². The fourth-order valence-electron chi connectivity index (χ4n) is 4.38. The van der Waals surface area contributed by atoms with E-state index >= 15 is 0 Å². The maximum absolute atomic E-state index is 5.84. The molecule has 0 aliphatic carbocycles. The van der Waals surface area contributed by atoms with E-state index in [1.165, 1.54) is 64.2 Å². The summed E-state index contributed by atoms with van der Waals surface area (Å²) < 4.78 is 11.7. The Hall–Kier alpha value is -2.44. The summed E-state index contributed by atoms with van der Waals surface area (Å²) in [5.74, 6) is 3.36. The van der Waals surface area contributed by atoms with E-state index in [9.17, 15) is 0 Å². The normalized spacial score (nSPS) is 11.7. The number of hydrogen-bond donors (Lipinski definition) is 2. The average molecular weight is 553 g/mol. The van der Waals surface area contributed by atoms with Gasteiger partial charge in [-0.25, -0.2) is 0 Å². The van der Waals surface area contributed by atoms with E-state index in [4.69, 9.17) is 9.47 Å². The summed E-state index contributed by atoms with van der Waals surface area (Å²) in [7, 11) is 0. The van der Waals surface area contributed by atoms with E-state index in [1.54, 1.807) is 0 Å². The Balaban J connectivity index is 1.51. The minimum absolute atomic E-state index is 0.664. The van der Waals surface area contributed by atoms with Crippen LogP contribution in [0.1, 0.15) is 91.9 Å². The molecule has 0 aromatic heterocycles. The first-order chi connectivity index (χ1) is 19.5. The maximum atomic E-state index is 5.84. The molecule has 0 unspecified atom stereocenters. The van der Waals surface area contributed by atoms with Gasteiger partial charge < -0.3 is 20.1 Å². The lowest BCUT2D eigenvalue weighted by Crippen LogP contribution is -2.22. The second kappa shape index (κ2) is 22.3. The molecule has 2 N–H and O–H groups in total. The maximum Gasteiger partial charge on any atom is 0.119 e. The SMILES string of the molecule is CC(C)CCCCCCNCCOc1ccc(N=Nc2ccc(OCCNCCCCCCC(C)C)cc2)cc1. The second-order valence-corrected chi connectivity index (χ2v) is 11.6. The molecule has 2 aromatic rings. The topological polar surface area (TPSA) is 67.2 Å². The molecular weight excluding hydrogens is 496 g/mol. The molecule has 6 nitrogen and oxygen atoms in total. The van der Waals surface area contributed by atoms with Crippen LogP contribution in [-0.4, -0.2) is 39.4 Å². The fraction of sp³-hybridized carbons (Fsp3) is 0.647. The van der Waals surface area contributed by atoms with E-state index in [2.05, 4.69) is 48.6 Å². The number of benzene rings is 2. The zero-order valence-electron chi connectivity index (χ0n) is 25.8. The van der Waals surface area contributed by atoms with E-state index in [0.29, 0.717) is 13.2 Å². The molecule has 224 valence electrons. The molecular formula is C34H56N4O2. The van der Waals surface area contributed by atoms with Crippen molar-refractivity contribution in [1.29, 1.82) is 0 Å². The molecule has 0 aliphatic rings. The van der Waals surface area contributed by atoms with E-state index in [0.717, 1.165) is 60.9 Å². The van der Waals surface area contributed by atoms with Gasteiger partial charge in [-0.15, -0.1) is 0 Å². The van der Waals surface area contributed by atoms with Crippen LogP contribution >= 0.6 is 0 Å². The quantitative estimate of drug-likeness (QED) is 0.101. The van der Waals surface area contributed by atoms with Crippen molar-refractivity contribution >= 4 is 11.4 Å². The van der Waals surface area contributed by atoms with Gasteiger partial charge in [-0.1, -0.05) is 79.1 Å². The van der Waals surface area contributed by atoms with Crippen molar-refractivity contribution in [3.63, 3.8) is 0 Å². The highest BCUT2D eigenvalue weighted by molar-refractivity contribution is 5.44. The highest BCUT2D eigenvalue weighted by Crippen LogP contribution is 2.23. The van der Waals surface area contributed by atoms with Gasteiger partial charge in [-0.05, 0) is 86.3 Å². The Labute approximate surface area is 244 Å². The predicted octanol–water partition coefficient (Wildman–Crippen LogP) is 9.25. The fourth-order valence-corrected chi connectivity index (χ4v) is 4.38. The van der Waals surface area contributed by atoms with Gasteiger partial charge in [0.15, 0.2) is 0 Å². The van der Waals surface area contributed by atoms with Gasteiger partial charge in [0.2, 0.25) is 0 Å². The first-order valence-electron chi connectivity index (χ1n) is 15.8. The molecule has 40 heavy (non-hydrogen) atoms. The van der Waals surface area contributed by atoms with E-state index < -0.39 is 0 Å². The smallest absolute Gasteiger partial charge is 0.119 e. The highest BCUT2D eigenvalue weighted by atomic mass is 16.5.